The maximum atomic E-state index is 11.2. The SMILES string of the molecule is Cc1cccc(NCC(=O)OC(C)C)c1. The van der Waals surface area contributed by atoms with Crippen LogP contribution >= 0.6 is 0 Å². The molecule has 0 aromatic heterocycles. The van der Waals surface area contributed by atoms with Crippen molar-refractivity contribution < 1.29 is 9.53 Å². The van der Waals surface area contributed by atoms with Crippen molar-refractivity contribution in [2.75, 3.05) is 11.9 Å². The highest BCUT2D eigenvalue weighted by molar-refractivity contribution is 5.75. The van der Waals surface area contributed by atoms with Crippen LogP contribution in [0.25, 0.3) is 0 Å². The van der Waals surface area contributed by atoms with Crippen molar-refractivity contribution >= 4 is 11.7 Å². The Labute approximate surface area is 90.4 Å². The topological polar surface area (TPSA) is 38.3 Å². The maximum absolute atomic E-state index is 11.2. The Hall–Kier alpha value is -1.51. The van der Waals surface area contributed by atoms with Crippen LogP contribution in [-0.4, -0.2) is 18.6 Å². The van der Waals surface area contributed by atoms with Gasteiger partial charge < -0.3 is 10.1 Å². The second-order valence-electron chi connectivity index (χ2n) is 3.76. The molecular formula is C12H17NO2. The monoisotopic (exact) mass is 207 g/mol. The molecule has 3 nitrogen and oxygen atoms in total. The van der Waals surface area contributed by atoms with E-state index in [1.54, 1.807) is 0 Å². The number of hydrogen-bond donors (Lipinski definition) is 1. The van der Waals surface area contributed by atoms with Gasteiger partial charge in [-0.15, -0.1) is 0 Å². The zero-order valence-electron chi connectivity index (χ0n) is 9.41. The highest BCUT2D eigenvalue weighted by atomic mass is 16.5. The van der Waals surface area contributed by atoms with E-state index in [-0.39, 0.29) is 18.6 Å². The summed E-state index contributed by atoms with van der Waals surface area (Å²) >= 11 is 0. The molecule has 0 aliphatic heterocycles. The predicted molar refractivity (Wildman–Crippen MR) is 60.9 cm³/mol. The van der Waals surface area contributed by atoms with Gasteiger partial charge in [-0.1, -0.05) is 12.1 Å². The zero-order valence-corrected chi connectivity index (χ0v) is 9.41. The number of hydrogen-bond acceptors (Lipinski definition) is 3. The Morgan fingerprint density at radius 1 is 1.47 bits per heavy atom. The quantitative estimate of drug-likeness (QED) is 0.770. The highest BCUT2D eigenvalue weighted by Gasteiger charge is 2.04. The van der Waals surface area contributed by atoms with Gasteiger partial charge in [0.25, 0.3) is 0 Å². The molecule has 0 aliphatic rings. The number of ether oxygens (including phenoxy) is 1. The van der Waals surface area contributed by atoms with Crippen molar-refractivity contribution in [3.8, 4) is 0 Å². The first kappa shape index (κ1) is 11.6. The third-order valence-electron chi connectivity index (χ3n) is 1.82. The number of rotatable bonds is 4. The molecule has 1 aromatic rings. The second kappa shape index (κ2) is 5.39. The Morgan fingerprint density at radius 3 is 2.80 bits per heavy atom. The molecule has 1 N–H and O–H groups in total. The molecular weight excluding hydrogens is 190 g/mol. The van der Waals surface area contributed by atoms with Gasteiger partial charge in [-0.3, -0.25) is 4.79 Å². The van der Waals surface area contributed by atoms with Crippen molar-refractivity contribution in [1.82, 2.24) is 0 Å². The Kier molecular flexibility index (Phi) is 4.16. The molecule has 0 amide bonds. The molecule has 1 rings (SSSR count). The van der Waals surface area contributed by atoms with Crippen molar-refractivity contribution in [3.05, 3.63) is 29.8 Å². The molecule has 0 fully saturated rings. The van der Waals surface area contributed by atoms with Crippen LogP contribution in [0, 0.1) is 6.92 Å². The first-order valence-corrected chi connectivity index (χ1v) is 5.08. The molecule has 1 aromatic carbocycles. The summed E-state index contributed by atoms with van der Waals surface area (Å²) in [5, 5.41) is 3.02. The second-order valence-corrected chi connectivity index (χ2v) is 3.76. The molecule has 0 saturated heterocycles. The molecule has 82 valence electrons. The van der Waals surface area contributed by atoms with Crippen LogP contribution in [0.2, 0.25) is 0 Å². The molecule has 0 bridgehead atoms. The standard InChI is InChI=1S/C12H17NO2/c1-9(2)15-12(14)8-13-11-6-4-5-10(3)7-11/h4-7,9,13H,8H2,1-3H3. The average molecular weight is 207 g/mol. The Bertz CT molecular complexity index is 334. The van der Waals surface area contributed by atoms with Crippen LogP contribution in [-0.2, 0) is 9.53 Å². The van der Waals surface area contributed by atoms with E-state index in [4.69, 9.17) is 4.74 Å². The minimum atomic E-state index is -0.230. The normalized spacial score (nSPS) is 10.1. The van der Waals surface area contributed by atoms with Crippen molar-refractivity contribution in [2.24, 2.45) is 0 Å². The lowest BCUT2D eigenvalue weighted by Crippen LogP contribution is -2.20. The first-order chi connectivity index (χ1) is 7.08. The maximum Gasteiger partial charge on any atom is 0.325 e. The lowest BCUT2D eigenvalue weighted by molar-refractivity contribution is -0.145. The van der Waals surface area contributed by atoms with E-state index in [0.29, 0.717) is 0 Å². The number of aryl methyl sites for hydroxylation is 1. The van der Waals surface area contributed by atoms with Crippen molar-refractivity contribution in [1.29, 1.82) is 0 Å². The fraction of sp³-hybridized carbons (Fsp3) is 0.417. The van der Waals surface area contributed by atoms with Gasteiger partial charge in [-0.25, -0.2) is 0 Å². The third-order valence-corrected chi connectivity index (χ3v) is 1.82. The van der Waals surface area contributed by atoms with E-state index < -0.39 is 0 Å². The number of benzene rings is 1. The summed E-state index contributed by atoms with van der Waals surface area (Å²) in [6.07, 6.45) is -0.0585. The smallest absolute Gasteiger partial charge is 0.325 e. The Balaban J connectivity index is 2.40. The van der Waals surface area contributed by atoms with E-state index in [1.807, 2.05) is 45.0 Å². The number of nitrogens with one attached hydrogen (secondary N) is 1. The van der Waals surface area contributed by atoms with Gasteiger partial charge >= 0.3 is 5.97 Å². The number of anilines is 1. The van der Waals surface area contributed by atoms with Gasteiger partial charge in [0, 0.05) is 5.69 Å². The van der Waals surface area contributed by atoms with Crippen LogP contribution in [0.15, 0.2) is 24.3 Å². The summed E-state index contributed by atoms with van der Waals surface area (Å²) in [7, 11) is 0. The minimum absolute atomic E-state index is 0.0585. The summed E-state index contributed by atoms with van der Waals surface area (Å²) in [6.45, 7) is 5.90. The Morgan fingerprint density at radius 2 is 2.20 bits per heavy atom. The minimum Gasteiger partial charge on any atom is -0.462 e. The van der Waals surface area contributed by atoms with Crippen LogP contribution in [0.5, 0.6) is 0 Å². The fourth-order valence-corrected chi connectivity index (χ4v) is 1.23. The molecule has 0 atom stereocenters. The van der Waals surface area contributed by atoms with Gasteiger partial charge in [-0.2, -0.15) is 0 Å². The summed E-state index contributed by atoms with van der Waals surface area (Å²) in [6, 6.07) is 7.88. The van der Waals surface area contributed by atoms with Gasteiger partial charge in [-0.05, 0) is 38.5 Å². The summed E-state index contributed by atoms with van der Waals surface area (Å²) in [5.41, 5.74) is 2.10. The summed E-state index contributed by atoms with van der Waals surface area (Å²) in [4.78, 5) is 11.2. The van der Waals surface area contributed by atoms with E-state index >= 15 is 0 Å². The first-order valence-electron chi connectivity index (χ1n) is 5.08. The zero-order chi connectivity index (χ0) is 11.3. The van der Waals surface area contributed by atoms with E-state index in [1.165, 1.54) is 0 Å². The van der Waals surface area contributed by atoms with Gasteiger partial charge in [0.1, 0.15) is 6.54 Å². The molecule has 0 heterocycles. The summed E-state index contributed by atoms with van der Waals surface area (Å²) < 4.78 is 5.00. The molecule has 0 unspecified atom stereocenters. The van der Waals surface area contributed by atoms with Crippen LogP contribution in [0.4, 0.5) is 5.69 Å². The number of carbonyl (C=O) groups excluding carboxylic acids is 1. The largest absolute Gasteiger partial charge is 0.462 e. The van der Waals surface area contributed by atoms with E-state index in [2.05, 4.69) is 5.32 Å². The van der Waals surface area contributed by atoms with E-state index in [9.17, 15) is 4.79 Å². The molecule has 0 radical (unpaired) electrons. The van der Waals surface area contributed by atoms with Crippen LogP contribution in [0.3, 0.4) is 0 Å². The molecule has 0 spiro atoms. The van der Waals surface area contributed by atoms with Crippen molar-refractivity contribution in [2.45, 2.75) is 26.9 Å². The molecule has 3 heteroatoms. The predicted octanol–water partition coefficient (Wildman–Crippen LogP) is 2.36. The van der Waals surface area contributed by atoms with Gasteiger partial charge in [0.2, 0.25) is 0 Å². The number of carbonyl (C=O) groups is 1. The summed E-state index contributed by atoms with van der Waals surface area (Å²) in [5.74, 6) is -0.230. The van der Waals surface area contributed by atoms with Crippen molar-refractivity contribution in [3.63, 3.8) is 0 Å². The van der Waals surface area contributed by atoms with Gasteiger partial charge in [0.15, 0.2) is 0 Å². The van der Waals surface area contributed by atoms with Gasteiger partial charge in [0.05, 0.1) is 6.10 Å². The van der Waals surface area contributed by atoms with Crippen LogP contribution < -0.4 is 5.32 Å². The molecule has 0 aliphatic carbocycles. The van der Waals surface area contributed by atoms with E-state index in [0.717, 1.165) is 11.3 Å². The van der Waals surface area contributed by atoms with Crippen LogP contribution in [0.1, 0.15) is 19.4 Å². The fourth-order valence-electron chi connectivity index (χ4n) is 1.23. The lowest BCUT2D eigenvalue weighted by atomic mass is 10.2. The highest BCUT2D eigenvalue weighted by Crippen LogP contribution is 2.08. The lowest BCUT2D eigenvalue weighted by Gasteiger charge is -2.09. The molecule has 15 heavy (non-hydrogen) atoms. The molecule has 0 saturated carbocycles. The average Bonchev–Trinajstić information content (AvgIpc) is 2.14. The number of esters is 1. The third kappa shape index (κ3) is 4.49.